The van der Waals surface area contributed by atoms with Crippen molar-refractivity contribution >= 4 is 22.7 Å². The predicted molar refractivity (Wildman–Crippen MR) is 143 cm³/mol. The van der Waals surface area contributed by atoms with E-state index in [1.165, 1.54) is 0 Å². The van der Waals surface area contributed by atoms with Gasteiger partial charge in [-0.15, -0.1) is 0 Å². The number of hydrogen-bond donors (Lipinski definition) is 2. The van der Waals surface area contributed by atoms with Crippen LogP contribution in [0.3, 0.4) is 0 Å². The average molecular weight is 504 g/mol. The van der Waals surface area contributed by atoms with Gasteiger partial charge in [-0.2, -0.15) is 0 Å². The van der Waals surface area contributed by atoms with Gasteiger partial charge in [0.1, 0.15) is 18.4 Å². The fourth-order valence-electron chi connectivity index (χ4n) is 5.11. The minimum Gasteiger partial charge on any atom is -0.489 e. The van der Waals surface area contributed by atoms with Crippen molar-refractivity contribution in [2.45, 2.75) is 71.4 Å². The number of nitrogens with zero attached hydrogens (tertiary/aromatic N) is 2. The van der Waals surface area contributed by atoms with E-state index in [2.05, 4.69) is 11.1 Å². The molecule has 0 aliphatic heterocycles. The standard InChI is InChI=1S/C30H37N3O4/c1-5-16-33(27(17-20(2)3)28(34)32-36)29(35)30(14-15-30)23-10-12-24(13-11-23)37-19-22-18-21(4)31-26-9-7-6-8-25(22)26/h6-13,18,20,27,36H,5,14-17,19H2,1-4H3,(H,32,34)/t27-/m0/s1. The van der Waals surface area contributed by atoms with E-state index in [0.717, 1.165) is 52.7 Å². The number of carbonyl (C=O) groups is 2. The van der Waals surface area contributed by atoms with Crippen LogP contribution in [0.4, 0.5) is 0 Å². The van der Waals surface area contributed by atoms with Crippen molar-refractivity contribution in [1.29, 1.82) is 0 Å². The summed E-state index contributed by atoms with van der Waals surface area (Å²) in [5.74, 6) is 0.348. The zero-order valence-corrected chi connectivity index (χ0v) is 22.2. The molecular weight excluding hydrogens is 466 g/mol. The van der Waals surface area contributed by atoms with Crippen molar-refractivity contribution in [3.8, 4) is 5.75 Å². The largest absolute Gasteiger partial charge is 0.489 e. The van der Waals surface area contributed by atoms with E-state index in [1.54, 1.807) is 10.4 Å². The van der Waals surface area contributed by atoms with Crippen molar-refractivity contribution in [2.24, 2.45) is 5.92 Å². The van der Waals surface area contributed by atoms with Crippen LogP contribution >= 0.6 is 0 Å². The molecule has 7 nitrogen and oxygen atoms in total. The monoisotopic (exact) mass is 503 g/mol. The Morgan fingerprint density at radius 3 is 2.46 bits per heavy atom. The van der Waals surface area contributed by atoms with E-state index >= 15 is 0 Å². The molecule has 3 aromatic rings. The van der Waals surface area contributed by atoms with Gasteiger partial charge in [0.05, 0.1) is 10.9 Å². The summed E-state index contributed by atoms with van der Waals surface area (Å²) in [7, 11) is 0. The van der Waals surface area contributed by atoms with Crippen LogP contribution in [-0.2, 0) is 21.6 Å². The molecule has 1 aliphatic rings. The number of carbonyl (C=O) groups excluding carboxylic acids is 2. The third-order valence-corrected chi connectivity index (χ3v) is 7.10. The van der Waals surface area contributed by atoms with Crippen molar-refractivity contribution in [2.75, 3.05) is 6.54 Å². The van der Waals surface area contributed by atoms with Crippen LogP contribution in [0.1, 0.15) is 63.3 Å². The number of ether oxygens (including phenoxy) is 1. The van der Waals surface area contributed by atoms with Gasteiger partial charge in [-0.1, -0.05) is 51.1 Å². The molecule has 1 heterocycles. The van der Waals surface area contributed by atoms with E-state index < -0.39 is 17.4 Å². The summed E-state index contributed by atoms with van der Waals surface area (Å²) >= 11 is 0. The van der Waals surface area contributed by atoms with E-state index in [0.29, 0.717) is 19.6 Å². The number of fused-ring (bicyclic) bond motifs is 1. The second-order valence-corrected chi connectivity index (χ2v) is 10.5. The Hall–Kier alpha value is -3.45. The maximum atomic E-state index is 13.8. The molecular formula is C30H37N3O4. The minimum atomic E-state index is -0.698. The molecule has 2 aromatic carbocycles. The first-order chi connectivity index (χ1) is 17.8. The second kappa shape index (κ2) is 11.3. The van der Waals surface area contributed by atoms with E-state index in [9.17, 15) is 14.8 Å². The number of amides is 2. The molecule has 1 aromatic heterocycles. The van der Waals surface area contributed by atoms with Crippen LogP contribution in [-0.4, -0.2) is 39.5 Å². The first-order valence-electron chi connectivity index (χ1n) is 13.1. The molecule has 4 rings (SSSR count). The summed E-state index contributed by atoms with van der Waals surface area (Å²) in [6.07, 6.45) is 2.70. The highest BCUT2D eigenvalue weighted by atomic mass is 16.5. The average Bonchev–Trinajstić information content (AvgIpc) is 3.70. The lowest BCUT2D eigenvalue weighted by Gasteiger charge is -2.34. The normalized spacial score (nSPS) is 14.9. The number of pyridine rings is 1. The number of hydroxylamine groups is 1. The van der Waals surface area contributed by atoms with Crippen LogP contribution in [0.2, 0.25) is 0 Å². The first-order valence-corrected chi connectivity index (χ1v) is 13.1. The summed E-state index contributed by atoms with van der Waals surface area (Å²) in [4.78, 5) is 32.6. The van der Waals surface area contributed by atoms with Gasteiger partial charge in [0, 0.05) is 23.2 Å². The number of rotatable bonds is 11. The molecule has 1 saturated carbocycles. The van der Waals surface area contributed by atoms with Crippen molar-refractivity contribution in [1.82, 2.24) is 15.4 Å². The molecule has 0 spiro atoms. The fourth-order valence-corrected chi connectivity index (χ4v) is 5.11. The SMILES string of the molecule is CCCN(C(=O)C1(c2ccc(OCc3cc(C)nc4ccccc34)cc2)CC1)[C@@H](CC(C)C)C(=O)NO. The number of hydrogen-bond acceptors (Lipinski definition) is 5. The van der Waals surface area contributed by atoms with Crippen LogP contribution in [0, 0.1) is 12.8 Å². The smallest absolute Gasteiger partial charge is 0.266 e. The topological polar surface area (TPSA) is 91.8 Å². The van der Waals surface area contributed by atoms with Crippen LogP contribution < -0.4 is 10.2 Å². The highest BCUT2D eigenvalue weighted by molar-refractivity contribution is 5.95. The summed E-state index contributed by atoms with van der Waals surface area (Å²) < 4.78 is 6.11. The number of aryl methyl sites for hydroxylation is 1. The van der Waals surface area contributed by atoms with E-state index in [1.807, 2.05) is 76.2 Å². The lowest BCUT2D eigenvalue weighted by Crippen LogP contribution is -2.52. The third kappa shape index (κ3) is 5.77. The zero-order chi connectivity index (χ0) is 26.6. The van der Waals surface area contributed by atoms with Gasteiger partial charge in [0.15, 0.2) is 0 Å². The highest BCUT2D eigenvalue weighted by Crippen LogP contribution is 2.50. The van der Waals surface area contributed by atoms with Crippen molar-refractivity contribution in [3.63, 3.8) is 0 Å². The van der Waals surface area contributed by atoms with Gasteiger partial charge in [-0.25, -0.2) is 5.48 Å². The van der Waals surface area contributed by atoms with Gasteiger partial charge < -0.3 is 9.64 Å². The first kappa shape index (κ1) is 26.6. The minimum absolute atomic E-state index is 0.0454. The number of nitrogens with one attached hydrogen (secondary N) is 1. The Bertz CT molecular complexity index is 1250. The summed E-state index contributed by atoms with van der Waals surface area (Å²) in [5.41, 5.74) is 5.06. The molecule has 1 aliphatic carbocycles. The molecule has 1 fully saturated rings. The molecule has 0 unspecified atom stereocenters. The molecule has 196 valence electrons. The Morgan fingerprint density at radius 2 is 1.84 bits per heavy atom. The quantitative estimate of drug-likeness (QED) is 0.273. The van der Waals surface area contributed by atoms with Gasteiger partial charge in [-0.3, -0.25) is 19.8 Å². The summed E-state index contributed by atoms with van der Waals surface area (Å²) in [5, 5.41) is 10.4. The Morgan fingerprint density at radius 1 is 1.14 bits per heavy atom. The Kier molecular flexibility index (Phi) is 8.13. The maximum absolute atomic E-state index is 13.8. The van der Waals surface area contributed by atoms with Gasteiger partial charge in [0.25, 0.3) is 5.91 Å². The van der Waals surface area contributed by atoms with E-state index in [4.69, 9.17) is 4.74 Å². The number of aromatic nitrogens is 1. The predicted octanol–water partition coefficient (Wildman–Crippen LogP) is 5.31. The summed E-state index contributed by atoms with van der Waals surface area (Å²) in [6, 6.07) is 17.1. The number of para-hydroxylation sites is 1. The molecule has 7 heteroatoms. The fraction of sp³-hybridized carbons (Fsp3) is 0.433. The van der Waals surface area contributed by atoms with Crippen LogP contribution in [0.5, 0.6) is 5.75 Å². The van der Waals surface area contributed by atoms with E-state index in [-0.39, 0.29) is 11.8 Å². The van der Waals surface area contributed by atoms with Gasteiger partial charge in [0.2, 0.25) is 5.91 Å². The molecule has 37 heavy (non-hydrogen) atoms. The Balaban J connectivity index is 1.51. The van der Waals surface area contributed by atoms with Crippen LogP contribution in [0.15, 0.2) is 54.6 Å². The summed E-state index contributed by atoms with van der Waals surface area (Å²) in [6.45, 7) is 8.87. The molecule has 1 atom stereocenters. The molecule has 0 saturated heterocycles. The zero-order valence-electron chi connectivity index (χ0n) is 22.2. The third-order valence-electron chi connectivity index (χ3n) is 7.10. The molecule has 2 N–H and O–H groups in total. The highest BCUT2D eigenvalue weighted by Gasteiger charge is 2.54. The molecule has 0 bridgehead atoms. The number of benzene rings is 2. The second-order valence-electron chi connectivity index (χ2n) is 10.5. The van der Waals surface area contributed by atoms with Crippen molar-refractivity contribution < 1.29 is 19.5 Å². The lowest BCUT2D eigenvalue weighted by atomic mass is 9.92. The van der Waals surface area contributed by atoms with Crippen molar-refractivity contribution in [3.05, 3.63) is 71.4 Å². The van der Waals surface area contributed by atoms with Crippen LogP contribution in [0.25, 0.3) is 10.9 Å². The molecule has 0 radical (unpaired) electrons. The lowest BCUT2D eigenvalue weighted by molar-refractivity contribution is -0.146. The maximum Gasteiger partial charge on any atom is 0.266 e. The molecule has 2 amide bonds. The Labute approximate surface area is 218 Å². The van der Waals surface area contributed by atoms with Gasteiger partial charge in [-0.05, 0) is 68.4 Å². The van der Waals surface area contributed by atoms with Gasteiger partial charge >= 0.3 is 0 Å².